The van der Waals surface area contributed by atoms with Gasteiger partial charge in [-0.3, -0.25) is 0 Å². The standard InChI is InChI=1S/C45H68O3Si/c1-30(2)32-27-41(47-42(46)28-32)31(3)38-21-22-39-37-20-19-33-29-34(23-25-44(33,7)40(37)24-26-45(38,39)8)48-49(43(4,5)6,35-15-11-9-12-16-35)36-17-13-10-14-18-36/h9-18,30-34,37-42,46H,19-29H2,1-8H3/t31-,32-,33-,34-,37-,38+,39-,40-,41?,42?,44-,45+/m0/s1. The first-order valence-electron chi connectivity index (χ1n) is 20.4. The molecule has 12 atom stereocenters. The highest BCUT2D eigenvalue weighted by atomic mass is 28.4. The molecule has 0 amide bonds. The maximum absolute atomic E-state index is 10.7. The van der Waals surface area contributed by atoms with Crippen molar-refractivity contribution >= 4 is 18.7 Å². The Morgan fingerprint density at radius 3 is 1.98 bits per heavy atom. The zero-order valence-corrected chi connectivity index (χ0v) is 33.2. The molecule has 1 heterocycles. The molecule has 3 nitrogen and oxygen atoms in total. The van der Waals surface area contributed by atoms with Gasteiger partial charge in [0, 0.05) is 12.5 Å². The van der Waals surface area contributed by atoms with E-state index in [4.69, 9.17) is 9.16 Å². The van der Waals surface area contributed by atoms with Crippen molar-refractivity contribution in [3.8, 4) is 0 Å². The van der Waals surface area contributed by atoms with Crippen molar-refractivity contribution in [1.29, 1.82) is 0 Å². The van der Waals surface area contributed by atoms with Crippen LogP contribution >= 0.6 is 0 Å². The Labute approximate surface area is 300 Å². The lowest BCUT2D eigenvalue weighted by Gasteiger charge is -2.62. The minimum absolute atomic E-state index is 0.0224. The first-order valence-corrected chi connectivity index (χ1v) is 22.3. The molecule has 5 fully saturated rings. The summed E-state index contributed by atoms with van der Waals surface area (Å²) in [5.41, 5.74) is 0.840. The minimum atomic E-state index is -2.55. The third-order valence-corrected chi connectivity index (χ3v) is 21.1. The molecule has 1 aliphatic heterocycles. The normalized spacial score (nSPS) is 40.3. The van der Waals surface area contributed by atoms with Gasteiger partial charge in [0.05, 0.1) is 6.10 Å². The Kier molecular flexibility index (Phi) is 9.90. The second kappa shape index (κ2) is 13.5. The third-order valence-electron chi connectivity index (χ3n) is 16.0. The first kappa shape index (κ1) is 35.9. The maximum Gasteiger partial charge on any atom is 0.261 e. The van der Waals surface area contributed by atoms with Crippen LogP contribution in [0.3, 0.4) is 0 Å². The van der Waals surface area contributed by atoms with Gasteiger partial charge in [-0.2, -0.15) is 0 Å². The Morgan fingerprint density at radius 1 is 0.755 bits per heavy atom. The summed E-state index contributed by atoms with van der Waals surface area (Å²) in [5.74, 6) is 5.73. The van der Waals surface area contributed by atoms with Gasteiger partial charge >= 0.3 is 0 Å². The molecule has 4 heteroatoms. The fraction of sp³-hybridized carbons (Fsp3) is 0.733. The van der Waals surface area contributed by atoms with Gasteiger partial charge in [0.25, 0.3) is 8.32 Å². The van der Waals surface area contributed by atoms with Crippen molar-refractivity contribution in [2.24, 2.45) is 58.2 Å². The molecule has 49 heavy (non-hydrogen) atoms. The van der Waals surface area contributed by atoms with Crippen molar-refractivity contribution in [1.82, 2.24) is 0 Å². The summed E-state index contributed by atoms with van der Waals surface area (Å²) in [5, 5.41) is 13.5. The summed E-state index contributed by atoms with van der Waals surface area (Å²) in [6, 6.07) is 22.6. The average molecular weight is 685 g/mol. The number of ether oxygens (including phenoxy) is 1. The molecule has 2 unspecified atom stereocenters. The molecular weight excluding hydrogens is 617 g/mol. The lowest BCUT2D eigenvalue weighted by molar-refractivity contribution is -0.205. The van der Waals surface area contributed by atoms with Crippen LogP contribution in [0.5, 0.6) is 0 Å². The smallest absolute Gasteiger partial charge is 0.261 e. The van der Waals surface area contributed by atoms with Gasteiger partial charge in [-0.25, -0.2) is 0 Å². The van der Waals surface area contributed by atoms with E-state index in [-0.39, 0.29) is 11.1 Å². The summed E-state index contributed by atoms with van der Waals surface area (Å²) < 4.78 is 14.1. The van der Waals surface area contributed by atoms with E-state index in [1.807, 2.05) is 0 Å². The average Bonchev–Trinajstić information content (AvgIpc) is 3.44. The van der Waals surface area contributed by atoms with Crippen LogP contribution in [0.2, 0.25) is 5.04 Å². The summed E-state index contributed by atoms with van der Waals surface area (Å²) in [4.78, 5) is 0. The number of rotatable bonds is 7. The van der Waals surface area contributed by atoms with E-state index < -0.39 is 14.6 Å². The number of fused-ring (bicyclic) bond motifs is 5. The minimum Gasteiger partial charge on any atom is -0.404 e. The van der Waals surface area contributed by atoms with Gasteiger partial charge in [-0.1, -0.05) is 116 Å². The molecule has 0 bridgehead atoms. The molecule has 5 aliphatic rings. The van der Waals surface area contributed by atoms with Crippen LogP contribution in [0, 0.1) is 58.2 Å². The molecule has 4 saturated carbocycles. The predicted molar refractivity (Wildman–Crippen MR) is 205 cm³/mol. The second-order valence-corrected chi connectivity index (χ2v) is 23.8. The zero-order valence-electron chi connectivity index (χ0n) is 32.2. The topological polar surface area (TPSA) is 38.7 Å². The second-order valence-electron chi connectivity index (χ2n) is 19.5. The van der Waals surface area contributed by atoms with E-state index in [1.165, 1.54) is 68.2 Å². The van der Waals surface area contributed by atoms with Crippen LogP contribution in [0.25, 0.3) is 0 Å². The Balaban J connectivity index is 1.08. The van der Waals surface area contributed by atoms with Crippen LogP contribution in [-0.4, -0.2) is 31.9 Å². The van der Waals surface area contributed by atoms with E-state index in [2.05, 4.69) is 116 Å². The first-order chi connectivity index (χ1) is 23.3. The molecule has 270 valence electrons. The highest BCUT2D eigenvalue weighted by Crippen LogP contribution is 2.69. The molecule has 2 aromatic rings. The molecule has 2 aromatic carbocycles. The summed E-state index contributed by atoms with van der Waals surface area (Å²) >= 11 is 0. The highest BCUT2D eigenvalue weighted by molar-refractivity contribution is 6.99. The van der Waals surface area contributed by atoms with Crippen LogP contribution < -0.4 is 10.4 Å². The van der Waals surface area contributed by atoms with E-state index >= 15 is 0 Å². The van der Waals surface area contributed by atoms with Gasteiger partial charge in [-0.05, 0) is 138 Å². The van der Waals surface area contributed by atoms with E-state index in [0.717, 1.165) is 36.5 Å². The van der Waals surface area contributed by atoms with Crippen molar-refractivity contribution in [2.75, 3.05) is 0 Å². The number of hydrogen-bond acceptors (Lipinski definition) is 3. The number of aliphatic hydroxyl groups is 1. The van der Waals surface area contributed by atoms with Gasteiger partial charge in [0.2, 0.25) is 0 Å². The predicted octanol–water partition coefficient (Wildman–Crippen LogP) is 10.00. The molecule has 7 rings (SSSR count). The van der Waals surface area contributed by atoms with Crippen LogP contribution in [0.4, 0.5) is 0 Å². The molecule has 0 spiro atoms. The lowest BCUT2D eigenvalue weighted by Crippen LogP contribution is -2.68. The maximum atomic E-state index is 10.7. The van der Waals surface area contributed by atoms with E-state index in [9.17, 15) is 5.11 Å². The van der Waals surface area contributed by atoms with Crippen LogP contribution in [-0.2, 0) is 9.16 Å². The molecule has 1 N–H and O–H groups in total. The molecular formula is C45H68O3Si. The molecule has 0 radical (unpaired) electrons. The highest BCUT2D eigenvalue weighted by Gasteiger charge is 2.62. The Bertz CT molecular complexity index is 1360. The molecule has 1 saturated heterocycles. The van der Waals surface area contributed by atoms with Crippen molar-refractivity contribution < 1.29 is 14.3 Å². The summed E-state index contributed by atoms with van der Waals surface area (Å²) in [7, 11) is -2.55. The van der Waals surface area contributed by atoms with Gasteiger partial charge in [0.1, 0.15) is 0 Å². The molecule has 4 aliphatic carbocycles. The van der Waals surface area contributed by atoms with Crippen molar-refractivity contribution in [3.63, 3.8) is 0 Å². The van der Waals surface area contributed by atoms with E-state index in [0.29, 0.717) is 40.6 Å². The third kappa shape index (κ3) is 6.15. The number of hydrogen-bond donors (Lipinski definition) is 1. The SMILES string of the molecule is CC(C)[C@@H]1CC(O)OC([C@@H](C)[C@H]2CC[C@H]3[C@@H]4CC[C@H]5C[C@@H](O[Si](c6ccccc6)(c6ccccc6)C(C)(C)C)CC[C@]5(C)[C@H]4CC[C@]23C)C1. The quantitative estimate of drug-likeness (QED) is 0.295. The van der Waals surface area contributed by atoms with Crippen LogP contribution in [0.15, 0.2) is 60.7 Å². The summed E-state index contributed by atoms with van der Waals surface area (Å²) in [6.07, 6.45) is 13.9. The van der Waals surface area contributed by atoms with Crippen LogP contribution in [0.1, 0.15) is 126 Å². The summed E-state index contributed by atoms with van der Waals surface area (Å²) in [6.45, 7) is 19.8. The largest absolute Gasteiger partial charge is 0.404 e. The monoisotopic (exact) mass is 684 g/mol. The van der Waals surface area contributed by atoms with Gasteiger partial charge < -0.3 is 14.3 Å². The fourth-order valence-electron chi connectivity index (χ4n) is 13.3. The lowest BCUT2D eigenvalue weighted by atomic mass is 9.44. The Hall–Kier alpha value is -1.46. The van der Waals surface area contributed by atoms with Gasteiger partial charge in [-0.15, -0.1) is 0 Å². The fourth-order valence-corrected chi connectivity index (χ4v) is 18.0. The van der Waals surface area contributed by atoms with E-state index in [1.54, 1.807) is 0 Å². The Morgan fingerprint density at radius 2 is 1.37 bits per heavy atom. The number of aliphatic hydroxyl groups excluding tert-OH is 1. The number of benzene rings is 2. The molecule has 0 aromatic heterocycles. The van der Waals surface area contributed by atoms with Crippen molar-refractivity contribution in [2.45, 2.75) is 150 Å². The zero-order chi connectivity index (χ0) is 34.8. The van der Waals surface area contributed by atoms with Gasteiger partial charge in [0.15, 0.2) is 6.29 Å². The van der Waals surface area contributed by atoms with Crippen molar-refractivity contribution in [3.05, 3.63) is 60.7 Å².